The van der Waals surface area contributed by atoms with Crippen molar-refractivity contribution in [2.24, 2.45) is 4.99 Å². The van der Waals surface area contributed by atoms with Crippen LogP contribution >= 0.6 is 0 Å². The third kappa shape index (κ3) is 5.09. The zero-order valence-electron chi connectivity index (χ0n) is 21.4. The average molecular weight is 561 g/mol. The third-order valence-corrected chi connectivity index (χ3v) is 6.56. The van der Waals surface area contributed by atoms with Crippen LogP contribution in [-0.2, 0) is 6.18 Å². The first kappa shape index (κ1) is 26.0. The van der Waals surface area contributed by atoms with Crippen LogP contribution in [0.5, 0.6) is 0 Å². The van der Waals surface area contributed by atoms with Gasteiger partial charge in [0.15, 0.2) is 5.82 Å². The van der Waals surface area contributed by atoms with Crippen molar-refractivity contribution in [3.8, 4) is 0 Å². The number of hydrogen-bond donors (Lipinski definition) is 2. The van der Waals surface area contributed by atoms with Crippen molar-refractivity contribution in [1.82, 2.24) is 19.9 Å². The Labute approximate surface area is 230 Å². The highest BCUT2D eigenvalue weighted by molar-refractivity contribution is 6.36. The van der Waals surface area contributed by atoms with E-state index in [1.165, 1.54) is 12.3 Å². The summed E-state index contributed by atoms with van der Waals surface area (Å²) in [6, 6.07) is 8.20. The minimum atomic E-state index is -4.59. The van der Waals surface area contributed by atoms with E-state index in [-0.39, 0.29) is 17.3 Å². The highest BCUT2D eigenvalue weighted by atomic mass is 19.4. The molecule has 2 aliphatic heterocycles. The van der Waals surface area contributed by atoms with Gasteiger partial charge in [-0.3, -0.25) is 19.8 Å². The molecule has 206 valence electrons. The minimum Gasteiger partial charge on any atom is -0.322 e. The van der Waals surface area contributed by atoms with Crippen molar-refractivity contribution in [3.05, 3.63) is 95.0 Å². The summed E-state index contributed by atoms with van der Waals surface area (Å²) in [6.45, 7) is 2.99. The number of rotatable bonds is 5. The second kappa shape index (κ2) is 10.1. The quantitative estimate of drug-likeness (QED) is 0.310. The number of carbonyl (C=O) groups is 1. The fourth-order valence-corrected chi connectivity index (χ4v) is 4.58. The van der Waals surface area contributed by atoms with Gasteiger partial charge in [-0.2, -0.15) is 18.2 Å². The Morgan fingerprint density at radius 2 is 1.90 bits per heavy atom. The smallest absolute Gasteiger partial charge is 0.322 e. The summed E-state index contributed by atoms with van der Waals surface area (Å²) >= 11 is 0. The number of aromatic nitrogens is 4. The standard InChI is InChI=1S/C28H20F4N8O/c1-15-2-3-18(37-26(41)23-11-17(4-7-34-23)28(30,31)32)12-19(15)20-10-16-13-36-27(38-22-5-6-33-14-21(22)29)39-24(16)40-9-8-35-25(20)40/h2-7,10-14H,8-9H2,1H3,(H,37,41)(H,33,36,38,39). The van der Waals surface area contributed by atoms with Crippen LogP contribution in [-0.4, -0.2) is 44.8 Å². The van der Waals surface area contributed by atoms with Gasteiger partial charge in [-0.05, 0) is 54.5 Å². The zero-order valence-corrected chi connectivity index (χ0v) is 21.4. The van der Waals surface area contributed by atoms with Crippen LogP contribution in [0, 0.1) is 12.7 Å². The van der Waals surface area contributed by atoms with Crippen LogP contribution in [0.15, 0.2) is 66.2 Å². The minimum absolute atomic E-state index is 0.192. The highest BCUT2D eigenvalue weighted by Crippen LogP contribution is 2.37. The number of amidine groups is 1. The molecule has 0 fully saturated rings. The summed E-state index contributed by atoms with van der Waals surface area (Å²) in [5.41, 5.74) is 2.38. The second-order valence-corrected chi connectivity index (χ2v) is 9.28. The van der Waals surface area contributed by atoms with Crippen LogP contribution in [0.4, 0.5) is 40.7 Å². The van der Waals surface area contributed by atoms with Crippen LogP contribution in [0.2, 0.25) is 0 Å². The SMILES string of the molecule is Cc1ccc(NC(=O)c2cc(C(F)(F)F)ccn2)cc1C1=Cc2cnc(Nc3ccncc3F)nc2N2CCN=C12. The van der Waals surface area contributed by atoms with Gasteiger partial charge in [0, 0.05) is 42.0 Å². The molecule has 9 nitrogen and oxygen atoms in total. The van der Waals surface area contributed by atoms with E-state index in [0.717, 1.165) is 35.2 Å². The van der Waals surface area contributed by atoms with E-state index in [4.69, 9.17) is 0 Å². The molecule has 2 aliphatic rings. The van der Waals surface area contributed by atoms with Crippen LogP contribution in [0.1, 0.15) is 32.7 Å². The predicted molar refractivity (Wildman–Crippen MR) is 145 cm³/mol. The number of benzene rings is 1. The maximum Gasteiger partial charge on any atom is 0.416 e. The van der Waals surface area contributed by atoms with Crippen molar-refractivity contribution in [2.75, 3.05) is 28.6 Å². The maximum absolute atomic E-state index is 14.1. The van der Waals surface area contributed by atoms with Crippen LogP contribution < -0.4 is 15.5 Å². The summed E-state index contributed by atoms with van der Waals surface area (Å²) < 4.78 is 53.4. The van der Waals surface area contributed by atoms with Gasteiger partial charge in [-0.15, -0.1) is 0 Å². The molecule has 0 spiro atoms. The number of fused-ring (bicyclic) bond motifs is 3. The van der Waals surface area contributed by atoms with Gasteiger partial charge >= 0.3 is 6.18 Å². The lowest BCUT2D eigenvalue weighted by atomic mass is 9.94. The Morgan fingerprint density at radius 1 is 1.05 bits per heavy atom. The summed E-state index contributed by atoms with van der Waals surface area (Å²) in [4.78, 5) is 35.9. The van der Waals surface area contributed by atoms with E-state index < -0.39 is 23.5 Å². The number of anilines is 4. The second-order valence-electron chi connectivity index (χ2n) is 9.28. The lowest BCUT2D eigenvalue weighted by molar-refractivity contribution is -0.137. The van der Waals surface area contributed by atoms with E-state index in [9.17, 15) is 22.4 Å². The first-order valence-electron chi connectivity index (χ1n) is 12.4. The molecule has 5 heterocycles. The van der Waals surface area contributed by atoms with E-state index in [2.05, 4.69) is 35.6 Å². The first-order chi connectivity index (χ1) is 19.7. The van der Waals surface area contributed by atoms with Gasteiger partial charge in [0.25, 0.3) is 5.91 Å². The Bertz CT molecular complexity index is 1750. The molecule has 0 bridgehead atoms. The van der Waals surface area contributed by atoms with Gasteiger partial charge in [0.2, 0.25) is 5.95 Å². The number of carbonyl (C=O) groups excluding carboxylic acids is 1. The van der Waals surface area contributed by atoms with Crippen molar-refractivity contribution in [2.45, 2.75) is 13.1 Å². The third-order valence-electron chi connectivity index (χ3n) is 6.56. The van der Waals surface area contributed by atoms with Crippen molar-refractivity contribution in [3.63, 3.8) is 0 Å². The molecular formula is C28H20F4N8O. The summed E-state index contributed by atoms with van der Waals surface area (Å²) in [6.07, 6.45) is 2.41. The molecule has 0 atom stereocenters. The molecule has 0 saturated carbocycles. The van der Waals surface area contributed by atoms with Gasteiger partial charge < -0.3 is 15.5 Å². The van der Waals surface area contributed by atoms with Gasteiger partial charge in [-0.1, -0.05) is 6.07 Å². The van der Waals surface area contributed by atoms with Crippen molar-refractivity contribution in [1.29, 1.82) is 0 Å². The monoisotopic (exact) mass is 560 g/mol. The Morgan fingerprint density at radius 3 is 2.71 bits per heavy atom. The Balaban J connectivity index is 1.31. The maximum atomic E-state index is 14.1. The van der Waals surface area contributed by atoms with E-state index in [0.29, 0.717) is 42.1 Å². The first-order valence-corrected chi connectivity index (χ1v) is 12.4. The number of pyridine rings is 2. The fourth-order valence-electron chi connectivity index (χ4n) is 4.58. The van der Waals surface area contributed by atoms with Crippen molar-refractivity contribution < 1.29 is 22.4 Å². The normalized spacial score (nSPS) is 14.1. The molecule has 3 aromatic heterocycles. The number of amides is 1. The van der Waals surface area contributed by atoms with Crippen LogP contribution in [0.3, 0.4) is 0 Å². The molecule has 1 amide bonds. The molecule has 0 radical (unpaired) electrons. The molecule has 0 aliphatic carbocycles. The average Bonchev–Trinajstić information content (AvgIpc) is 3.45. The predicted octanol–water partition coefficient (Wildman–Crippen LogP) is 5.50. The van der Waals surface area contributed by atoms with E-state index in [1.807, 2.05) is 17.9 Å². The molecule has 6 rings (SSSR count). The molecule has 41 heavy (non-hydrogen) atoms. The number of nitrogens with one attached hydrogen (secondary N) is 2. The number of hydrogen-bond acceptors (Lipinski definition) is 8. The number of nitrogens with zero attached hydrogens (tertiary/aromatic N) is 6. The topological polar surface area (TPSA) is 108 Å². The lowest BCUT2D eigenvalue weighted by Crippen LogP contribution is -2.32. The molecule has 2 N–H and O–H groups in total. The van der Waals surface area contributed by atoms with Gasteiger partial charge in [0.1, 0.15) is 17.3 Å². The largest absolute Gasteiger partial charge is 0.416 e. The molecule has 0 saturated heterocycles. The zero-order chi connectivity index (χ0) is 28.7. The Kier molecular flexibility index (Phi) is 6.40. The summed E-state index contributed by atoms with van der Waals surface area (Å²) in [7, 11) is 0. The number of alkyl halides is 3. The van der Waals surface area contributed by atoms with Crippen molar-refractivity contribution >= 4 is 46.5 Å². The molecule has 13 heteroatoms. The van der Waals surface area contributed by atoms with E-state index >= 15 is 0 Å². The van der Waals surface area contributed by atoms with Gasteiger partial charge in [0.05, 0.1) is 24.0 Å². The molecule has 4 aromatic rings. The summed E-state index contributed by atoms with van der Waals surface area (Å²) in [5.74, 6) is 0.178. The number of aliphatic imine (C=N–C) groups is 1. The van der Waals surface area contributed by atoms with Gasteiger partial charge in [-0.25, -0.2) is 9.37 Å². The highest BCUT2D eigenvalue weighted by Gasteiger charge is 2.32. The lowest BCUT2D eigenvalue weighted by Gasteiger charge is -2.28. The fraction of sp³-hybridized carbons (Fsp3) is 0.143. The molecule has 0 unspecified atom stereocenters. The molecular weight excluding hydrogens is 540 g/mol. The van der Waals surface area contributed by atoms with E-state index in [1.54, 1.807) is 24.4 Å². The Hall–Kier alpha value is -5.20. The summed E-state index contributed by atoms with van der Waals surface area (Å²) in [5, 5.41) is 5.51. The molecule has 1 aromatic carbocycles. The number of halogens is 4. The number of aryl methyl sites for hydroxylation is 1. The van der Waals surface area contributed by atoms with Crippen LogP contribution in [0.25, 0.3) is 11.6 Å².